The van der Waals surface area contributed by atoms with E-state index in [0.29, 0.717) is 5.11 Å². The van der Waals surface area contributed by atoms with Gasteiger partial charge in [-0.1, -0.05) is 0 Å². The van der Waals surface area contributed by atoms with E-state index in [0.717, 1.165) is 30.9 Å². The summed E-state index contributed by atoms with van der Waals surface area (Å²) >= 11 is 5.26. The van der Waals surface area contributed by atoms with Crippen LogP contribution in [0.2, 0.25) is 0 Å². The largest absolute Gasteiger partial charge is 0.362 e. The quantitative estimate of drug-likeness (QED) is 0.648. The van der Waals surface area contributed by atoms with Gasteiger partial charge in [-0.25, -0.2) is 0 Å². The molecule has 2 aromatic rings. The molecule has 0 fully saturated rings. The number of aromatic nitrogens is 4. The molecule has 0 saturated carbocycles. The molecule has 0 saturated heterocycles. The highest BCUT2D eigenvalue weighted by Gasteiger charge is 2.04. The third kappa shape index (κ3) is 3.80. The molecule has 0 atom stereocenters. The van der Waals surface area contributed by atoms with Gasteiger partial charge >= 0.3 is 0 Å². The van der Waals surface area contributed by atoms with Gasteiger partial charge in [0.1, 0.15) is 0 Å². The van der Waals surface area contributed by atoms with Crippen molar-refractivity contribution < 1.29 is 0 Å². The average Bonchev–Trinajstić information content (AvgIpc) is 2.96. The lowest BCUT2D eigenvalue weighted by atomic mass is 10.4. The lowest BCUT2D eigenvalue weighted by Gasteiger charge is -2.10. The molecule has 7 heteroatoms. The maximum Gasteiger partial charge on any atom is 0.170 e. The van der Waals surface area contributed by atoms with Crippen LogP contribution in [0.1, 0.15) is 17.7 Å². The molecule has 0 spiro atoms. The molecule has 2 heterocycles. The van der Waals surface area contributed by atoms with Gasteiger partial charge in [-0.15, -0.1) is 0 Å². The van der Waals surface area contributed by atoms with Crippen molar-refractivity contribution in [3.8, 4) is 0 Å². The minimum Gasteiger partial charge on any atom is -0.362 e. The summed E-state index contributed by atoms with van der Waals surface area (Å²) in [6.45, 7) is 5.73. The van der Waals surface area contributed by atoms with Crippen LogP contribution in [0.3, 0.4) is 0 Å². The van der Waals surface area contributed by atoms with Crippen LogP contribution < -0.4 is 10.6 Å². The van der Waals surface area contributed by atoms with Crippen molar-refractivity contribution in [1.82, 2.24) is 24.9 Å². The number of rotatable bonds is 5. The van der Waals surface area contributed by atoms with E-state index in [1.165, 1.54) is 5.56 Å². The lowest BCUT2D eigenvalue weighted by molar-refractivity contribution is 0.573. The predicted octanol–water partition coefficient (Wildman–Crippen LogP) is 1.61. The number of hydrogen-bond acceptors (Lipinski definition) is 3. The second-order valence-corrected chi connectivity index (χ2v) is 5.19. The molecule has 6 nitrogen and oxygen atoms in total. The average molecular weight is 292 g/mol. The van der Waals surface area contributed by atoms with Crippen LogP contribution in [0, 0.1) is 13.8 Å². The van der Waals surface area contributed by atoms with Crippen LogP contribution in [0.5, 0.6) is 0 Å². The van der Waals surface area contributed by atoms with E-state index in [9.17, 15) is 0 Å². The highest BCUT2D eigenvalue weighted by atomic mass is 32.1. The van der Waals surface area contributed by atoms with Crippen molar-refractivity contribution in [2.75, 3.05) is 11.9 Å². The third-order valence-electron chi connectivity index (χ3n) is 3.10. The first kappa shape index (κ1) is 14.5. The molecule has 0 aliphatic carbocycles. The van der Waals surface area contributed by atoms with Crippen molar-refractivity contribution in [3.63, 3.8) is 0 Å². The fraction of sp³-hybridized carbons (Fsp3) is 0.462. The summed E-state index contributed by atoms with van der Waals surface area (Å²) in [6.07, 6.45) is 6.64. The van der Waals surface area contributed by atoms with Crippen LogP contribution in [0.25, 0.3) is 0 Å². The molecular formula is C13H20N6S. The van der Waals surface area contributed by atoms with Gasteiger partial charge in [0.2, 0.25) is 0 Å². The zero-order chi connectivity index (χ0) is 14.5. The number of thiocarbonyl (C=S) groups is 1. The molecule has 0 aliphatic heterocycles. The first-order valence-corrected chi connectivity index (χ1v) is 6.99. The van der Waals surface area contributed by atoms with Crippen LogP contribution in [0.4, 0.5) is 5.69 Å². The van der Waals surface area contributed by atoms with Gasteiger partial charge in [0.15, 0.2) is 5.11 Å². The molecule has 0 aromatic carbocycles. The molecule has 0 bridgehead atoms. The molecule has 2 N–H and O–H groups in total. The molecule has 0 aliphatic rings. The van der Waals surface area contributed by atoms with Crippen LogP contribution >= 0.6 is 12.2 Å². The minimum atomic E-state index is 0.623. The van der Waals surface area contributed by atoms with Gasteiger partial charge in [-0.05, 0) is 38.0 Å². The summed E-state index contributed by atoms with van der Waals surface area (Å²) in [6, 6.07) is 0. The zero-order valence-corrected chi connectivity index (χ0v) is 12.9. The van der Waals surface area contributed by atoms with E-state index in [2.05, 4.69) is 20.8 Å². The standard InChI is InChI=1S/C13H20N6S/c1-10-7-16-19(9-10)6-4-5-14-13(20)17-12-8-15-18(3)11(12)2/h7-9H,4-6H2,1-3H3,(H2,14,17,20). The topological polar surface area (TPSA) is 59.7 Å². The van der Waals surface area contributed by atoms with E-state index in [1.54, 1.807) is 6.20 Å². The summed E-state index contributed by atoms with van der Waals surface area (Å²) in [5, 5.41) is 15.4. The lowest BCUT2D eigenvalue weighted by Crippen LogP contribution is -2.30. The Balaban J connectivity index is 1.69. The second-order valence-electron chi connectivity index (χ2n) is 4.78. The minimum absolute atomic E-state index is 0.623. The number of anilines is 1. The van der Waals surface area contributed by atoms with Crippen molar-refractivity contribution in [2.45, 2.75) is 26.8 Å². The van der Waals surface area contributed by atoms with Crippen molar-refractivity contribution >= 4 is 23.0 Å². The molecule has 2 rings (SSSR count). The van der Waals surface area contributed by atoms with Crippen LogP contribution in [-0.2, 0) is 13.6 Å². The molecule has 20 heavy (non-hydrogen) atoms. The van der Waals surface area contributed by atoms with Crippen molar-refractivity contribution in [3.05, 3.63) is 29.8 Å². The van der Waals surface area contributed by atoms with E-state index in [1.807, 2.05) is 42.7 Å². The van der Waals surface area contributed by atoms with Gasteiger partial charge in [0.25, 0.3) is 0 Å². The zero-order valence-electron chi connectivity index (χ0n) is 12.1. The molecular weight excluding hydrogens is 272 g/mol. The number of aryl methyl sites for hydroxylation is 3. The Morgan fingerprint density at radius 1 is 1.30 bits per heavy atom. The van der Waals surface area contributed by atoms with Crippen molar-refractivity contribution in [1.29, 1.82) is 0 Å². The Morgan fingerprint density at radius 3 is 2.70 bits per heavy atom. The normalized spacial score (nSPS) is 10.6. The summed E-state index contributed by atoms with van der Waals surface area (Å²) < 4.78 is 3.75. The van der Waals surface area contributed by atoms with Gasteiger partial charge in [0, 0.05) is 26.3 Å². The van der Waals surface area contributed by atoms with Gasteiger partial charge in [-0.3, -0.25) is 9.36 Å². The first-order valence-electron chi connectivity index (χ1n) is 6.59. The smallest absolute Gasteiger partial charge is 0.170 e. The summed E-state index contributed by atoms with van der Waals surface area (Å²) in [7, 11) is 1.91. The molecule has 0 unspecified atom stereocenters. The Labute approximate surface area is 124 Å². The van der Waals surface area contributed by atoms with Gasteiger partial charge < -0.3 is 10.6 Å². The highest BCUT2D eigenvalue weighted by molar-refractivity contribution is 7.80. The van der Waals surface area contributed by atoms with Crippen LogP contribution in [-0.4, -0.2) is 31.2 Å². The Morgan fingerprint density at radius 2 is 2.10 bits per heavy atom. The Kier molecular flexibility index (Phi) is 4.73. The second kappa shape index (κ2) is 6.51. The Bertz CT molecular complexity index is 585. The Hall–Kier alpha value is -1.89. The third-order valence-corrected chi connectivity index (χ3v) is 3.34. The van der Waals surface area contributed by atoms with Gasteiger partial charge in [0.05, 0.1) is 23.8 Å². The van der Waals surface area contributed by atoms with Crippen molar-refractivity contribution in [2.24, 2.45) is 7.05 Å². The number of nitrogens with one attached hydrogen (secondary N) is 2. The summed E-state index contributed by atoms with van der Waals surface area (Å²) in [4.78, 5) is 0. The maximum atomic E-state index is 5.26. The molecule has 2 aromatic heterocycles. The molecule has 0 radical (unpaired) electrons. The van der Waals surface area contributed by atoms with E-state index >= 15 is 0 Å². The SMILES string of the molecule is Cc1cnn(CCCNC(=S)Nc2cnn(C)c2C)c1. The molecule has 0 amide bonds. The fourth-order valence-electron chi connectivity index (χ4n) is 1.82. The summed E-state index contributed by atoms with van der Waals surface area (Å²) in [5.74, 6) is 0. The fourth-order valence-corrected chi connectivity index (χ4v) is 2.03. The molecule has 108 valence electrons. The summed E-state index contributed by atoms with van der Waals surface area (Å²) in [5.41, 5.74) is 3.18. The van der Waals surface area contributed by atoms with Crippen LogP contribution in [0.15, 0.2) is 18.6 Å². The van der Waals surface area contributed by atoms with Gasteiger partial charge in [-0.2, -0.15) is 10.2 Å². The first-order chi connectivity index (χ1) is 9.56. The van der Waals surface area contributed by atoms with E-state index in [4.69, 9.17) is 12.2 Å². The van der Waals surface area contributed by atoms with E-state index in [-0.39, 0.29) is 0 Å². The monoisotopic (exact) mass is 292 g/mol. The number of nitrogens with zero attached hydrogens (tertiary/aromatic N) is 4. The predicted molar refractivity (Wildman–Crippen MR) is 83.7 cm³/mol. The van der Waals surface area contributed by atoms with E-state index < -0.39 is 0 Å². The number of hydrogen-bond donors (Lipinski definition) is 2. The highest BCUT2D eigenvalue weighted by Crippen LogP contribution is 2.11. The maximum absolute atomic E-state index is 5.26.